The van der Waals surface area contributed by atoms with Gasteiger partial charge in [-0.15, -0.1) is 0 Å². The van der Waals surface area contributed by atoms with Gasteiger partial charge in [0.1, 0.15) is 12.7 Å². The highest BCUT2D eigenvalue weighted by Crippen LogP contribution is 2.46. The zero-order valence-corrected chi connectivity index (χ0v) is 27.3. The molecule has 2 saturated heterocycles. The first kappa shape index (κ1) is 34.4. The molecule has 240 valence electrons. The molecule has 0 aromatic carbocycles. The lowest BCUT2D eigenvalue weighted by Crippen LogP contribution is -2.63. The number of carbonyl (C=O) groups excluding carboxylic acids is 4. The average Bonchev–Trinajstić information content (AvgIpc) is 3.21. The van der Waals surface area contributed by atoms with Gasteiger partial charge < -0.3 is 37.6 Å². The molecule has 3 rings (SSSR count). The summed E-state index contributed by atoms with van der Waals surface area (Å²) in [5.41, 5.74) is 0. The number of carbonyl (C=O) groups is 4. The zero-order chi connectivity index (χ0) is 31.4. The lowest BCUT2D eigenvalue weighted by molar-refractivity contribution is -0.342. The first-order valence-corrected chi connectivity index (χ1v) is 17.7. The first-order valence-electron chi connectivity index (χ1n) is 14.8. The van der Waals surface area contributed by atoms with Gasteiger partial charge in [-0.05, 0) is 36.9 Å². The Hall–Kier alpha value is -2.06. The largest absolute Gasteiger partial charge is 0.463 e. The third kappa shape index (κ3) is 8.74. The van der Waals surface area contributed by atoms with Crippen LogP contribution in [-0.4, -0.2) is 88.5 Å². The van der Waals surface area contributed by atoms with E-state index >= 15 is 0 Å². The van der Waals surface area contributed by atoms with E-state index in [-0.39, 0.29) is 29.6 Å². The fourth-order valence-electron chi connectivity index (χ4n) is 5.60. The van der Waals surface area contributed by atoms with Crippen molar-refractivity contribution in [3.8, 4) is 0 Å². The molecule has 3 aliphatic rings. The molecule has 2 aliphatic heterocycles. The summed E-state index contributed by atoms with van der Waals surface area (Å²) in [5.74, 6) is -2.41. The molecule has 2 heterocycles. The number of fused-ring (bicyclic) bond motifs is 1. The van der Waals surface area contributed by atoms with Gasteiger partial charge in [0.2, 0.25) is 6.29 Å². The van der Waals surface area contributed by atoms with Crippen LogP contribution in [0.2, 0.25) is 18.1 Å². The van der Waals surface area contributed by atoms with E-state index in [2.05, 4.69) is 33.9 Å². The van der Waals surface area contributed by atoms with Crippen LogP contribution in [-0.2, 0) is 56.8 Å². The van der Waals surface area contributed by atoms with Crippen molar-refractivity contribution in [1.29, 1.82) is 0 Å². The minimum absolute atomic E-state index is 0.0404. The minimum Gasteiger partial charge on any atom is -0.463 e. The van der Waals surface area contributed by atoms with Gasteiger partial charge in [0.15, 0.2) is 32.9 Å². The molecule has 13 heteroatoms. The Morgan fingerprint density at radius 2 is 1.21 bits per heavy atom. The van der Waals surface area contributed by atoms with Gasteiger partial charge >= 0.3 is 23.9 Å². The molecule has 0 radical (unpaired) electrons. The van der Waals surface area contributed by atoms with Gasteiger partial charge in [-0.1, -0.05) is 33.6 Å². The molecule has 1 aliphatic carbocycles. The highest BCUT2D eigenvalue weighted by molar-refractivity contribution is 6.74. The van der Waals surface area contributed by atoms with Gasteiger partial charge in [0.25, 0.3) is 0 Å². The maximum absolute atomic E-state index is 12.2. The van der Waals surface area contributed by atoms with E-state index in [9.17, 15) is 19.2 Å². The smallest absolute Gasteiger partial charge is 0.303 e. The molecule has 12 nitrogen and oxygen atoms in total. The summed E-state index contributed by atoms with van der Waals surface area (Å²) in [4.78, 5) is 48.0. The molecule has 0 bridgehead atoms. The molecule has 9 atom stereocenters. The van der Waals surface area contributed by atoms with Crippen LogP contribution < -0.4 is 0 Å². The molecule has 0 spiro atoms. The summed E-state index contributed by atoms with van der Waals surface area (Å²) < 4.78 is 47.3. The Morgan fingerprint density at radius 1 is 0.690 bits per heavy atom. The van der Waals surface area contributed by atoms with Gasteiger partial charge in [0.05, 0.1) is 12.7 Å². The van der Waals surface area contributed by atoms with E-state index in [1.165, 1.54) is 27.7 Å². The molecule has 42 heavy (non-hydrogen) atoms. The fraction of sp³-hybridized carbons (Fsp3) is 0.862. The Morgan fingerprint density at radius 3 is 1.76 bits per heavy atom. The Labute approximate surface area is 249 Å². The summed E-state index contributed by atoms with van der Waals surface area (Å²) in [5, 5.41) is 0.0435. The van der Waals surface area contributed by atoms with Crippen LogP contribution in [0.3, 0.4) is 0 Å². The Kier molecular flexibility index (Phi) is 11.6. The molecule has 0 amide bonds. The number of hydrogen-bond donors (Lipinski definition) is 0. The first-order chi connectivity index (χ1) is 19.5. The maximum Gasteiger partial charge on any atom is 0.303 e. The summed E-state index contributed by atoms with van der Waals surface area (Å²) in [7, 11) is -2.03. The van der Waals surface area contributed by atoms with Gasteiger partial charge in [-0.2, -0.15) is 0 Å². The minimum atomic E-state index is -2.03. The van der Waals surface area contributed by atoms with Crippen molar-refractivity contribution in [2.24, 2.45) is 11.8 Å². The third-order valence-corrected chi connectivity index (χ3v) is 13.1. The van der Waals surface area contributed by atoms with Crippen LogP contribution in [0.25, 0.3) is 0 Å². The van der Waals surface area contributed by atoms with Crippen molar-refractivity contribution < 1.29 is 56.8 Å². The molecular formula is C29H48O12Si. The van der Waals surface area contributed by atoms with E-state index in [1.54, 1.807) is 0 Å². The normalized spacial score (nSPS) is 33.3. The number of ether oxygens (including phenoxy) is 7. The molecule has 0 N–H and O–H groups in total. The zero-order valence-electron chi connectivity index (χ0n) is 26.3. The van der Waals surface area contributed by atoms with Crippen molar-refractivity contribution in [2.45, 2.75) is 135 Å². The molecule has 2 unspecified atom stereocenters. The van der Waals surface area contributed by atoms with Crippen LogP contribution in [0.5, 0.6) is 0 Å². The van der Waals surface area contributed by atoms with E-state index in [1.807, 2.05) is 0 Å². The van der Waals surface area contributed by atoms with Gasteiger partial charge in [-0.25, -0.2) is 0 Å². The summed E-state index contributed by atoms with van der Waals surface area (Å²) in [6, 6.07) is 0. The lowest BCUT2D eigenvalue weighted by atomic mass is 9.78. The quantitative estimate of drug-likeness (QED) is 0.201. The van der Waals surface area contributed by atoms with E-state index < -0.39 is 69.2 Å². The summed E-state index contributed by atoms with van der Waals surface area (Å²) >= 11 is 0. The highest BCUT2D eigenvalue weighted by Gasteiger charge is 2.55. The van der Waals surface area contributed by atoms with Crippen molar-refractivity contribution in [1.82, 2.24) is 0 Å². The molecule has 0 aromatic rings. The monoisotopic (exact) mass is 616 g/mol. The fourth-order valence-corrected chi connectivity index (χ4v) is 6.61. The van der Waals surface area contributed by atoms with Crippen LogP contribution >= 0.6 is 0 Å². The third-order valence-electron chi connectivity index (χ3n) is 8.64. The predicted molar refractivity (Wildman–Crippen MR) is 150 cm³/mol. The SMILES string of the molecule is CC(=O)OCC1O[C@@H](O[C@@H]2O[C@H](CO[Si](C)(C)C(C)(C)C)[C@H]3CCCC[C@@H]23)[C@@H](OC(C)=O)C(OC(C)=O)[C@@H]1OC(C)=O. The van der Waals surface area contributed by atoms with Crippen molar-refractivity contribution in [3.63, 3.8) is 0 Å². The Balaban J connectivity index is 1.89. The summed E-state index contributed by atoms with van der Waals surface area (Å²) in [6.07, 6.45) is -3.18. The van der Waals surface area contributed by atoms with Crippen LogP contribution in [0.4, 0.5) is 0 Å². The molecule has 3 fully saturated rings. The molecular weight excluding hydrogens is 568 g/mol. The van der Waals surface area contributed by atoms with E-state index in [0.717, 1.165) is 25.7 Å². The van der Waals surface area contributed by atoms with Gasteiger partial charge in [-0.3, -0.25) is 19.2 Å². The molecule has 0 aromatic heterocycles. The predicted octanol–water partition coefficient (Wildman–Crippen LogP) is 3.64. The second kappa shape index (κ2) is 14.1. The van der Waals surface area contributed by atoms with E-state index in [4.69, 9.17) is 37.6 Å². The van der Waals surface area contributed by atoms with E-state index in [0.29, 0.717) is 6.61 Å². The topological polar surface area (TPSA) is 142 Å². The van der Waals surface area contributed by atoms with Crippen molar-refractivity contribution >= 4 is 32.2 Å². The van der Waals surface area contributed by atoms with Crippen LogP contribution in [0.15, 0.2) is 0 Å². The average molecular weight is 617 g/mol. The van der Waals surface area contributed by atoms with Crippen molar-refractivity contribution in [2.75, 3.05) is 13.2 Å². The second-order valence-corrected chi connectivity index (χ2v) is 17.7. The van der Waals surface area contributed by atoms with Crippen molar-refractivity contribution in [3.05, 3.63) is 0 Å². The number of rotatable bonds is 10. The van der Waals surface area contributed by atoms with Gasteiger partial charge in [0, 0.05) is 33.6 Å². The maximum atomic E-state index is 12.2. The molecule has 1 saturated carbocycles. The van der Waals surface area contributed by atoms with Crippen LogP contribution in [0.1, 0.15) is 74.1 Å². The lowest BCUT2D eigenvalue weighted by Gasteiger charge is -2.44. The standard InChI is InChI=1S/C29H48O12Si/c1-16(30)34-14-23-24(36-17(2)31)25(37-18(3)32)26(38-19(4)33)28(40-23)41-27-21-13-11-10-12-20(21)22(39-27)15-35-42(8,9)29(5,6)7/h20-28H,10-15H2,1-9H3/t20-,21+,22+,23?,24+,25?,26-,27-,28-/m0/s1. The van der Waals surface area contributed by atoms with Crippen LogP contribution in [0, 0.1) is 11.8 Å². The number of esters is 4. The summed E-state index contributed by atoms with van der Waals surface area (Å²) in [6.45, 7) is 15.9. The second-order valence-electron chi connectivity index (χ2n) is 12.9. The highest BCUT2D eigenvalue weighted by atomic mass is 28.4. The number of hydrogen-bond acceptors (Lipinski definition) is 12. The Bertz CT molecular complexity index is 978.